The Balaban J connectivity index is 1.64. The van der Waals surface area contributed by atoms with Gasteiger partial charge in [-0.25, -0.2) is 4.39 Å². The molecule has 110 valence electrons. The summed E-state index contributed by atoms with van der Waals surface area (Å²) in [5.41, 5.74) is 5.93. The van der Waals surface area contributed by atoms with Crippen molar-refractivity contribution < 1.29 is 9.13 Å². The monoisotopic (exact) mass is 297 g/mol. The van der Waals surface area contributed by atoms with Gasteiger partial charge in [0.1, 0.15) is 5.82 Å². The Labute approximate surface area is 123 Å². The SMILES string of the molecule is NC(=NCCCSc1ccc(F)cc1)N1CCOCC1. The molecule has 1 aliphatic heterocycles. The van der Waals surface area contributed by atoms with Gasteiger partial charge in [-0.2, -0.15) is 0 Å². The minimum atomic E-state index is -0.197. The van der Waals surface area contributed by atoms with E-state index < -0.39 is 0 Å². The molecule has 20 heavy (non-hydrogen) atoms. The maximum atomic E-state index is 12.7. The van der Waals surface area contributed by atoms with Crippen molar-refractivity contribution in [3.05, 3.63) is 30.1 Å². The Hall–Kier alpha value is -1.27. The normalized spacial score (nSPS) is 16.4. The van der Waals surface area contributed by atoms with E-state index in [4.69, 9.17) is 10.5 Å². The van der Waals surface area contributed by atoms with Crippen molar-refractivity contribution in [1.29, 1.82) is 0 Å². The zero-order valence-electron chi connectivity index (χ0n) is 11.4. The number of rotatable bonds is 5. The van der Waals surface area contributed by atoms with E-state index in [0.29, 0.717) is 5.96 Å². The number of nitrogens with zero attached hydrogens (tertiary/aromatic N) is 2. The van der Waals surface area contributed by atoms with Crippen molar-refractivity contribution in [2.24, 2.45) is 10.7 Å². The van der Waals surface area contributed by atoms with Crippen molar-refractivity contribution in [2.45, 2.75) is 11.3 Å². The molecule has 0 aromatic heterocycles. The van der Waals surface area contributed by atoms with Crippen LogP contribution in [0.3, 0.4) is 0 Å². The lowest BCUT2D eigenvalue weighted by Crippen LogP contribution is -2.44. The van der Waals surface area contributed by atoms with Crippen LogP contribution in [0.15, 0.2) is 34.2 Å². The number of nitrogens with two attached hydrogens (primary N) is 1. The number of ether oxygens (including phenoxy) is 1. The second-order valence-corrected chi connectivity index (χ2v) is 5.66. The summed E-state index contributed by atoms with van der Waals surface area (Å²) in [6, 6.07) is 6.56. The highest BCUT2D eigenvalue weighted by molar-refractivity contribution is 7.99. The maximum Gasteiger partial charge on any atom is 0.191 e. The second-order valence-electron chi connectivity index (χ2n) is 4.50. The lowest BCUT2D eigenvalue weighted by molar-refractivity contribution is 0.0674. The quantitative estimate of drug-likeness (QED) is 0.391. The van der Waals surface area contributed by atoms with Crippen LogP contribution in [0.25, 0.3) is 0 Å². The number of benzene rings is 1. The average molecular weight is 297 g/mol. The molecule has 6 heteroatoms. The second kappa shape index (κ2) is 8.11. The van der Waals surface area contributed by atoms with Crippen molar-refractivity contribution in [2.75, 3.05) is 38.6 Å². The van der Waals surface area contributed by atoms with E-state index in [1.807, 2.05) is 0 Å². The van der Waals surface area contributed by atoms with Gasteiger partial charge < -0.3 is 15.4 Å². The van der Waals surface area contributed by atoms with Gasteiger partial charge in [-0.15, -0.1) is 11.8 Å². The van der Waals surface area contributed by atoms with E-state index in [9.17, 15) is 4.39 Å². The highest BCUT2D eigenvalue weighted by Crippen LogP contribution is 2.18. The van der Waals surface area contributed by atoms with Gasteiger partial charge in [0, 0.05) is 24.5 Å². The number of hydrogen-bond acceptors (Lipinski definition) is 3. The molecule has 1 heterocycles. The number of thioether (sulfide) groups is 1. The topological polar surface area (TPSA) is 50.8 Å². The molecule has 1 saturated heterocycles. The smallest absolute Gasteiger partial charge is 0.191 e. The van der Waals surface area contributed by atoms with Gasteiger partial charge >= 0.3 is 0 Å². The van der Waals surface area contributed by atoms with E-state index in [0.717, 1.165) is 49.9 Å². The Kier molecular flexibility index (Phi) is 6.14. The molecule has 0 spiro atoms. The standard InChI is InChI=1S/C14H20FN3OS/c15-12-2-4-13(5-3-12)20-11-1-6-17-14(16)18-7-9-19-10-8-18/h2-5H,1,6-11H2,(H2,16,17). The lowest BCUT2D eigenvalue weighted by atomic mass is 10.4. The summed E-state index contributed by atoms with van der Waals surface area (Å²) in [5, 5.41) is 0. The fourth-order valence-electron chi connectivity index (χ4n) is 1.87. The molecule has 4 nitrogen and oxygen atoms in total. The highest BCUT2D eigenvalue weighted by Gasteiger charge is 2.11. The van der Waals surface area contributed by atoms with Gasteiger partial charge in [-0.3, -0.25) is 4.99 Å². The van der Waals surface area contributed by atoms with E-state index in [2.05, 4.69) is 9.89 Å². The summed E-state index contributed by atoms with van der Waals surface area (Å²) in [6.07, 6.45) is 0.951. The summed E-state index contributed by atoms with van der Waals surface area (Å²) in [4.78, 5) is 7.52. The molecule has 0 amide bonds. The van der Waals surface area contributed by atoms with Gasteiger partial charge in [0.15, 0.2) is 5.96 Å². The van der Waals surface area contributed by atoms with Crippen molar-refractivity contribution in [1.82, 2.24) is 4.90 Å². The van der Waals surface area contributed by atoms with Crippen LogP contribution in [-0.4, -0.2) is 49.5 Å². The van der Waals surface area contributed by atoms with E-state index >= 15 is 0 Å². The molecule has 0 saturated carbocycles. The molecule has 2 rings (SSSR count). The third-order valence-electron chi connectivity index (χ3n) is 2.99. The van der Waals surface area contributed by atoms with Gasteiger partial charge in [0.2, 0.25) is 0 Å². The van der Waals surface area contributed by atoms with Crippen LogP contribution in [0.4, 0.5) is 4.39 Å². The summed E-state index contributed by atoms with van der Waals surface area (Å²) >= 11 is 1.71. The summed E-state index contributed by atoms with van der Waals surface area (Å²) in [6.45, 7) is 3.80. The van der Waals surface area contributed by atoms with Crippen LogP contribution in [0.2, 0.25) is 0 Å². The Morgan fingerprint density at radius 1 is 1.30 bits per heavy atom. The summed E-state index contributed by atoms with van der Waals surface area (Å²) in [5.74, 6) is 1.36. The zero-order valence-corrected chi connectivity index (χ0v) is 12.2. The first-order chi connectivity index (χ1) is 9.75. The van der Waals surface area contributed by atoms with Crippen LogP contribution in [0, 0.1) is 5.82 Å². The first-order valence-corrected chi connectivity index (χ1v) is 7.75. The number of guanidine groups is 1. The Bertz CT molecular complexity index is 433. The third-order valence-corrected chi connectivity index (χ3v) is 4.09. The number of hydrogen-bond donors (Lipinski definition) is 1. The number of morpholine rings is 1. The first kappa shape index (κ1) is 15.1. The molecule has 1 aromatic rings. The van der Waals surface area contributed by atoms with Crippen LogP contribution in [-0.2, 0) is 4.74 Å². The fourth-order valence-corrected chi connectivity index (χ4v) is 2.71. The summed E-state index contributed by atoms with van der Waals surface area (Å²) < 4.78 is 18.0. The van der Waals surface area contributed by atoms with Gasteiger partial charge in [-0.05, 0) is 36.4 Å². The molecular weight excluding hydrogens is 277 g/mol. The van der Waals surface area contributed by atoms with Crippen molar-refractivity contribution in [3.8, 4) is 0 Å². The molecule has 1 aromatic carbocycles. The van der Waals surface area contributed by atoms with E-state index in [1.54, 1.807) is 23.9 Å². The van der Waals surface area contributed by atoms with Crippen molar-refractivity contribution in [3.63, 3.8) is 0 Å². The highest BCUT2D eigenvalue weighted by atomic mass is 32.2. The van der Waals surface area contributed by atoms with Crippen LogP contribution in [0.5, 0.6) is 0 Å². The van der Waals surface area contributed by atoms with Gasteiger partial charge in [0.05, 0.1) is 13.2 Å². The van der Waals surface area contributed by atoms with Gasteiger partial charge in [0.25, 0.3) is 0 Å². The lowest BCUT2D eigenvalue weighted by Gasteiger charge is -2.27. The largest absolute Gasteiger partial charge is 0.378 e. The Morgan fingerprint density at radius 3 is 2.70 bits per heavy atom. The molecule has 0 atom stereocenters. The molecule has 2 N–H and O–H groups in total. The Morgan fingerprint density at radius 2 is 2.00 bits per heavy atom. The van der Waals surface area contributed by atoms with Crippen LogP contribution >= 0.6 is 11.8 Å². The van der Waals surface area contributed by atoms with Gasteiger partial charge in [-0.1, -0.05) is 0 Å². The molecule has 0 radical (unpaired) electrons. The molecule has 0 bridgehead atoms. The molecular formula is C14H20FN3OS. The van der Waals surface area contributed by atoms with E-state index in [1.165, 1.54) is 12.1 Å². The minimum absolute atomic E-state index is 0.197. The zero-order chi connectivity index (χ0) is 14.2. The molecule has 0 aliphatic carbocycles. The molecule has 0 unspecified atom stereocenters. The fraction of sp³-hybridized carbons (Fsp3) is 0.500. The molecule has 1 fully saturated rings. The number of halogens is 1. The molecule has 1 aliphatic rings. The maximum absolute atomic E-state index is 12.7. The van der Waals surface area contributed by atoms with Crippen molar-refractivity contribution >= 4 is 17.7 Å². The predicted octanol–water partition coefficient (Wildman–Crippen LogP) is 1.95. The first-order valence-electron chi connectivity index (χ1n) is 6.77. The third kappa shape index (κ3) is 5.02. The predicted molar refractivity (Wildman–Crippen MR) is 80.6 cm³/mol. The number of aliphatic imine (C=N–C) groups is 1. The average Bonchev–Trinajstić information content (AvgIpc) is 2.49. The summed E-state index contributed by atoms with van der Waals surface area (Å²) in [7, 11) is 0. The van der Waals surface area contributed by atoms with E-state index in [-0.39, 0.29) is 5.82 Å². The minimum Gasteiger partial charge on any atom is -0.378 e. The van der Waals surface area contributed by atoms with Crippen LogP contribution in [0.1, 0.15) is 6.42 Å². The van der Waals surface area contributed by atoms with Crippen LogP contribution < -0.4 is 5.73 Å².